The third kappa shape index (κ3) is 4.51. The highest BCUT2D eigenvalue weighted by molar-refractivity contribution is 5.21. The van der Waals surface area contributed by atoms with Crippen LogP contribution in [0.25, 0.3) is 0 Å². The van der Waals surface area contributed by atoms with Crippen molar-refractivity contribution < 1.29 is 13.5 Å². The molecule has 0 aromatic heterocycles. The van der Waals surface area contributed by atoms with Gasteiger partial charge in [0.15, 0.2) is 0 Å². The molecular weight excluding hydrogens is 262 g/mol. The predicted octanol–water partition coefficient (Wildman–Crippen LogP) is 2.47. The minimum absolute atomic E-state index is 0.223. The number of nitrogens with two attached hydrogens (primary N) is 1. The van der Waals surface area contributed by atoms with Crippen LogP contribution in [0.5, 0.6) is 0 Å². The summed E-state index contributed by atoms with van der Waals surface area (Å²) in [5, 5.41) is 0. The molecule has 0 radical (unpaired) electrons. The molecule has 1 saturated heterocycles. The number of halogens is 2. The highest BCUT2D eigenvalue weighted by atomic mass is 19.1. The Labute approximate surface area is 118 Å². The van der Waals surface area contributed by atoms with Crippen molar-refractivity contribution >= 4 is 0 Å². The summed E-state index contributed by atoms with van der Waals surface area (Å²) in [6.45, 7) is 5.52. The largest absolute Gasteiger partial charge is 0.377 e. The minimum Gasteiger partial charge on any atom is -0.377 e. The van der Waals surface area contributed by atoms with E-state index in [1.807, 2.05) is 0 Å². The van der Waals surface area contributed by atoms with Crippen LogP contribution in [0.15, 0.2) is 18.2 Å². The molecule has 1 fully saturated rings. The second-order valence-electron chi connectivity index (χ2n) is 5.43. The van der Waals surface area contributed by atoms with Gasteiger partial charge in [-0.15, -0.1) is 0 Å². The molecule has 20 heavy (non-hydrogen) atoms. The Hall–Kier alpha value is -1.04. The molecule has 1 heterocycles. The maximum Gasteiger partial charge on any atom is 0.126 e. The van der Waals surface area contributed by atoms with Crippen LogP contribution in [0.4, 0.5) is 8.78 Å². The highest BCUT2D eigenvalue weighted by Crippen LogP contribution is 2.18. The van der Waals surface area contributed by atoms with Gasteiger partial charge in [-0.25, -0.2) is 8.78 Å². The molecule has 1 aromatic carbocycles. The Kier molecular flexibility index (Phi) is 5.46. The topological polar surface area (TPSA) is 38.5 Å². The molecule has 2 unspecified atom stereocenters. The van der Waals surface area contributed by atoms with Gasteiger partial charge >= 0.3 is 0 Å². The number of nitrogens with zero attached hydrogens (tertiary/aromatic N) is 1. The summed E-state index contributed by atoms with van der Waals surface area (Å²) in [7, 11) is 0. The second kappa shape index (κ2) is 7.11. The maximum atomic E-state index is 13.2. The van der Waals surface area contributed by atoms with Gasteiger partial charge in [0.05, 0.1) is 6.10 Å². The molecule has 0 saturated carbocycles. The van der Waals surface area contributed by atoms with Crippen molar-refractivity contribution in [2.75, 3.05) is 26.2 Å². The van der Waals surface area contributed by atoms with Crippen LogP contribution in [0.3, 0.4) is 0 Å². The van der Waals surface area contributed by atoms with Crippen LogP contribution in [-0.2, 0) is 4.74 Å². The number of hydrogen-bond donors (Lipinski definition) is 1. The zero-order chi connectivity index (χ0) is 14.5. The lowest BCUT2D eigenvalue weighted by molar-refractivity contribution is 0.0674. The third-order valence-electron chi connectivity index (χ3n) is 3.61. The van der Waals surface area contributed by atoms with E-state index in [2.05, 4.69) is 11.8 Å². The first kappa shape index (κ1) is 15.4. The van der Waals surface area contributed by atoms with Gasteiger partial charge in [0.25, 0.3) is 0 Å². The Bertz CT molecular complexity index is 422. The number of ether oxygens (including phenoxy) is 1. The summed E-state index contributed by atoms with van der Waals surface area (Å²) in [4.78, 5) is 2.30. The van der Waals surface area contributed by atoms with Crippen molar-refractivity contribution in [1.82, 2.24) is 4.90 Å². The molecule has 1 aliphatic heterocycles. The van der Waals surface area contributed by atoms with Crippen LogP contribution >= 0.6 is 0 Å². The highest BCUT2D eigenvalue weighted by Gasteiger charge is 2.16. The molecule has 0 bridgehead atoms. The molecule has 2 rings (SSSR count). The number of benzene rings is 1. The van der Waals surface area contributed by atoms with Crippen LogP contribution in [0, 0.1) is 11.6 Å². The summed E-state index contributed by atoms with van der Waals surface area (Å²) in [6, 6.07) is 3.13. The molecule has 5 heteroatoms. The van der Waals surface area contributed by atoms with Crippen molar-refractivity contribution in [1.29, 1.82) is 0 Å². The first-order chi connectivity index (χ1) is 9.54. The van der Waals surface area contributed by atoms with Crippen molar-refractivity contribution in [3.05, 3.63) is 35.4 Å². The van der Waals surface area contributed by atoms with Crippen molar-refractivity contribution in [3.8, 4) is 0 Å². The summed E-state index contributed by atoms with van der Waals surface area (Å²) >= 11 is 0. The molecule has 112 valence electrons. The summed E-state index contributed by atoms with van der Waals surface area (Å²) in [6.07, 6.45) is 1.91. The Morgan fingerprint density at radius 1 is 1.35 bits per heavy atom. The monoisotopic (exact) mass is 284 g/mol. The van der Waals surface area contributed by atoms with E-state index >= 15 is 0 Å². The van der Waals surface area contributed by atoms with E-state index in [4.69, 9.17) is 10.5 Å². The van der Waals surface area contributed by atoms with Gasteiger partial charge < -0.3 is 15.4 Å². The fraction of sp³-hybridized carbons (Fsp3) is 0.600. The lowest BCUT2D eigenvalue weighted by Crippen LogP contribution is -2.32. The molecule has 2 atom stereocenters. The molecular formula is C15H22F2N2O. The van der Waals surface area contributed by atoms with Crippen molar-refractivity contribution in [3.63, 3.8) is 0 Å². The second-order valence-corrected chi connectivity index (χ2v) is 5.43. The van der Waals surface area contributed by atoms with Crippen molar-refractivity contribution in [2.24, 2.45) is 5.73 Å². The van der Waals surface area contributed by atoms with E-state index in [9.17, 15) is 8.78 Å². The first-order valence-electron chi connectivity index (χ1n) is 7.10. The van der Waals surface area contributed by atoms with Crippen LogP contribution in [0.1, 0.15) is 31.4 Å². The number of rotatable bonds is 4. The molecule has 0 aliphatic carbocycles. The lowest BCUT2D eigenvalue weighted by atomic mass is 10.0. The average Bonchev–Trinajstić information content (AvgIpc) is 2.59. The fourth-order valence-electron chi connectivity index (χ4n) is 2.56. The van der Waals surface area contributed by atoms with Crippen LogP contribution < -0.4 is 5.73 Å². The SMILES string of the molecule is CC1CN(CCC(N)c2cc(F)cc(F)c2)CCCO1. The van der Waals surface area contributed by atoms with Gasteiger partial charge in [-0.05, 0) is 37.5 Å². The fourth-order valence-corrected chi connectivity index (χ4v) is 2.56. The average molecular weight is 284 g/mol. The Morgan fingerprint density at radius 2 is 2.05 bits per heavy atom. The van der Waals surface area contributed by atoms with E-state index in [1.165, 1.54) is 12.1 Å². The quantitative estimate of drug-likeness (QED) is 0.923. The molecule has 1 aromatic rings. The van der Waals surface area contributed by atoms with Gasteiger partial charge in [-0.1, -0.05) is 0 Å². The van der Waals surface area contributed by atoms with Gasteiger partial charge in [-0.3, -0.25) is 0 Å². The Morgan fingerprint density at radius 3 is 2.75 bits per heavy atom. The lowest BCUT2D eigenvalue weighted by Gasteiger charge is -2.23. The van der Waals surface area contributed by atoms with E-state index < -0.39 is 11.6 Å². The minimum atomic E-state index is -0.577. The van der Waals surface area contributed by atoms with E-state index in [0.717, 1.165) is 38.7 Å². The molecule has 1 aliphatic rings. The van der Waals surface area contributed by atoms with Gasteiger partial charge in [0.1, 0.15) is 11.6 Å². The van der Waals surface area contributed by atoms with Gasteiger partial charge in [-0.2, -0.15) is 0 Å². The van der Waals surface area contributed by atoms with Crippen molar-refractivity contribution in [2.45, 2.75) is 31.9 Å². The molecule has 2 N–H and O–H groups in total. The standard InChI is InChI=1S/C15H22F2N2O/c1-11-10-19(4-2-6-20-11)5-3-15(18)12-7-13(16)9-14(17)8-12/h7-9,11,15H,2-6,10,18H2,1H3. The van der Waals surface area contributed by atoms with Gasteiger partial charge in [0, 0.05) is 38.3 Å². The Balaban J connectivity index is 1.89. The van der Waals surface area contributed by atoms with E-state index in [1.54, 1.807) is 0 Å². The zero-order valence-electron chi connectivity index (χ0n) is 11.8. The van der Waals surface area contributed by atoms with Crippen LogP contribution in [-0.4, -0.2) is 37.2 Å². The summed E-state index contributed by atoms with van der Waals surface area (Å²) in [5.41, 5.74) is 6.55. The third-order valence-corrected chi connectivity index (χ3v) is 3.61. The normalized spacial score (nSPS) is 22.5. The smallest absolute Gasteiger partial charge is 0.126 e. The summed E-state index contributed by atoms with van der Waals surface area (Å²) in [5.74, 6) is -1.15. The van der Waals surface area contributed by atoms with E-state index in [-0.39, 0.29) is 12.1 Å². The number of hydrogen-bond acceptors (Lipinski definition) is 3. The maximum absolute atomic E-state index is 13.2. The van der Waals surface area contributed by atoms with Crippen LogP contribution in [0.2, 0.25) is 0 Å². The predicted molar refractivity (Wildman–Crippen MR) is 74.4 cm³/mol. The molecule has 3 nitrogen and oxygen atoms in total. The van der Waals surface area contributed by atoms with E-state index in [0.29, 0.717) is 12.0 Å². The summed E-state index contributed by atoms with van der Waals surface area (Å²) < 4.78 is 31.9. The zero-order valence-corrected chi connectivity index (χ0v) is 11.8. The first-order valence-corrected chi connectivity index (χ1v) is 7.10. The molecule has 0 spiro atoms. The van der Waals surface area contributed by atoms with Gasteiger partial charge in [0.2, 0.25) is 0 Å². The molecule has 0 amide bonds.